The van der Waals surface area contributed by atoms with Crippen LogP contribution >= 0.6 is 0 Å². The van der Waals surface area contributed by atoms with Crippen molar-refractivity contribution in [1.82, 2.24) is 0 Å². The molecule has 0 heterocycles. The zero-order valence-electron chi connectivity index (χ0n) is 33.9. The van der Waals surface area contributed by atoms with E-state index in [-0.39, 0.29) is 57.5 Å². The molecule has 0 radical (unpaired) electrons. The molecule has 0 amide bonds. The fraction of sp³-hybridized carbons (Fsp3) is 0.522. The van der Waals surface area contributed by atoms with E-state index in [9.17, 15) is 30.6 Å². The minimum Gasteiger partial charge on any atom is -0.507 e. The van der Waals surface area contributed by atoms with Crippen molar-refractivity contribution in [2.45, 2.75) is 144 Å². The molecule has 0 aromatic heterocycles. The van der Waals surface area contributed by atoms with E-state index in [1.807, 2.05) is 53.7 Å². The summed E-state index contributed by atoms with van der Waals surface area (Å²) in [6.45, 7) is 16.8. The molecular formula is C46H64N2O6. The lowest BCUT2D eigenvalue weighted by Crippen LogP contribution is -2.01. The lowest BCUT2D eigenvalue weighted by molar-refractivity contribution is 0.398. The highest BCUT2D eigenvalue weighted by Crippen LogP contribution is 2.54. The maximum Gasteiger partial charge on any atom is 0.167 e. The Hall–Kier alpha value is -4.46. The van der Waals surface area contributed by atoms with E-state index in [1.54, 1.807) is 0 Å². The van der Waals surface area contributed by atoms with Crippen LogP contribution in [0, 0.1) is 13.8 Å². The second kappa shape index (κ2) is 19.2. The summed E-state index contributed by atoms with van der Waals surface area (Å²) in [6, 6.07) is 3.76. The molecule has 0 spiro atoms. The minimum atomic E-state index is -0.353. The van der Waals surface area contributed by atoms with Gasteiger partial charge in [-0.25, -0.2) is 0 Å². The highest BCUT2D eigenvalue weighted by Gasteiger charge is 2.29. The zero-order valence-corrected chi connectivity index (χ0v) is 33.9. The fourth-order valence-electron chi connectivity index (χ4n) is 7.90. The van der Waals surface area contributed by atoms with Crippen molar-refractivity contribution in [3.63, 3.8) is 0 Å². The lowest BCUT2D eigenvalue weighted by Gasteiger charge is -2.23. The number of benzene rings is 4. The zero-order chi connectivity index (χ0) is 39.7. The van der Waals surface area contributed by atoms with Gasteiger partial charge in [0.2, 0.25) is 0 Å². The molecule has 8 nitrogen and oxygen atoms in total. The first-order valence-corrected chi connectivity index (χ1v) is 20.3. The Labute approximate surface area is 322 Å². The molecule has 0 unspecified atom stereocenters. The second-order valence-corrected chi connectivity index (χ2v) is 15.6. The van der Waals surface area contributed by atoms with Crippen LogP contribution in [0.4, 0.5) is 0 Å². The van der Waals surface area contributed by atoms with E-state index >= 15 is 0 Å². The van der Waals surface area contributed by atoms with Crippen molar-refractivity contribution in [2.24, 2.45) is 9.98 Å². The molecule has 8 heteroatoms. The van der Waals surface area contributed by atoms with Crippen molar-refractivity contribution >= 4 is 34.0 Å². The number of unbranched alkanes of at least 4 members (excludes halogenated alkanes) is 10. The van der Waals surface area contributed by atoms with Gasteiger partial charge < -0.3 is 30.6 Å². The highest BCUT2D eigenvalue weighted by atomic mass is 16.3. The number of aliphatic imine (C=N–C) groups is 2. The number of phenols is 6. The van der Waals surface area contributed by atoms with Gasteiger partial charge in [0.25, 0.3) is 0 Å². The minimum absolute atomic E-state index is 0.161. The van der Waals surface area contributed by atoms with E-state index in [2.05, 4.69) is 23.8 Å². The number of rotatable bonds is 19. The fourth-order valence-corrected chi connectivity index (χ4v) is 7.90. The Kier molecular flexibility index (Phi) is 15.1. The van der Waals surface area contributed by atoms with Gasteiger partial charge in [-0.2, -0.15) is 0 Å². The van der Waals surface area contributed by atoms with Crippen LogP contribution < -0.4 is 0 Å². The number of aromatic hydroxyl groups is 6. The first kappa shape index (κ1) is 42.3. The average molecular weight is 741 g/mol. The maximum absolute atomic E-state index is 12.3. The molecule has 0 fully saturated rings. The van der Waals surface area contributed by atoms with Crippen LogP contribution in [0.25, 0.3) is 32.7 Å². The summed E-state index contributed by atoms with van der Waals surface area (Å²) >= 11 is 0. The van der Waals surface area contributed by atoms with Crippen LogP contribution in [0.3, 0.4) is 0 Å². The third kappa shape index (κ3) is 8.90. The summed E-state index contributed by atoms with van der Waals surface area (Å²) in [5.74, 6) is -1.88. The predicted octanol–water partition coefficient (Wildman–Crippen LogP) is 12.3. The molecular weight excluding hydrogens is 677 g/mol. The molecule has 4 aromatic carbocycles. The Morgan fingerprint density at radius 3 is 1.15 bits per heavy atom. The first-order chi connectivity index (χ1) is 25.8. The summed E-state index contributed by atoms with van der Waals surface area (Å²) < 4.78 is 0. The van der Waals surface area contributed by atoms with Gasteiger partial charge in [0.1, 0.15) is 11.5 Å². The van der Waals surface area contributed by atoms with Gasteiger partial charge in [0.15, 0.2) is 23.0 Å². The molecule has 0 aliphatic heterocycles. The molecule has 0 aliphatic rings. The molecule has 0 aliphatic carbocycles. The molecule has 4 rings (SSSR count). The van der Waals surface area contributed by atoms with Gasteiger partial charge in [-0.15, -0.1) is 0 Å². The summed E-state index contributed by atoms with van der Waals surface area (Å²) in [5, 5.41) is 71.9. The number of nitrogens with zero attached hydrogens (tertiary/aromatic N) is 2. The second-order valence-electron chi connectivity index (χ2n) is 15.6. The van der Waals surface area contributed by atoms with Crippen molar-refractivity contribution in [1.29, 1.82) is 0 Å². The molecule has 6 N–H and O–H groups in total. The van der Waals surface area contributed by atoms with Crippen LogP contribution in [-0.4, -0.2) is 56.2 Å². The summed E-state index contributed by atoms with van der Waals surface area (Å²) in [5.41, 5.74) is 3.44. The van der Waals surface area contributed by atoms with Crippen molar-refractivity contribution in [3.8, 4) is 45.6 Å². The molecule has 54 heavy (non-hydrogen) atoms. The SMILES string of the molecule is CCCCCCCCN=Cc1c(O)c(O)c(C(C)C)c2cc(C)c(-c3c(C)cc4c(C(C)C)c(O)c(O)c(C=NCCCCCCCC)c4c3O)c(O)c12. The molecule has 0 saturated heterocycles. The topological polar surface area (TPSA) is 146 Å². The maximum atomic E-state index is 12.3. The van der Waals surface area contributed by atoms with Crippen LogP contribution in [0.1, 0.15) is 164 Å². The Balaban J connectivity index is 1.95. The first-order valence-electron chi connectivity index (χ1n) is 20.3. The van der Waals surface area contributed by atoms with Crippen LogP contribution in [-0.2, 0) is 0 Å². The van der Waals surface area contributed by atoms with Crippen molar-refractivity contribution in [2.75, 3.05) is 13.1 Å². The summed E-state index contributed by atoms with van der Waals surface area (Å²) in [4.78, 5) is 9.24. The third-order valence-electron chi connectivity index (χ3n) is 10.7. The average Bonchev–Trinajstić information content (AvgIpc) is 3.11. The standard InChI is InChI=1S/C46H64N2O6/c1-9-11-13-15-17-19-21-47-25-33-39-31(35(27(3)4)45(53)41(33)49)23-29(7)37(43(39)51)38-30(8)24-32-36(28(5)6)46(54)42(50)34(40(32)44(38)52)26-48-22-20-18-16-14-12-10-2/h23-28,49-54H,9-22H2,1-8H3. The van der Waals surface area contributed by atoms with E-state index in [0.29, 0.717) is 68.0 Å². The Bertz CT molecular complexity index is 1850. The Morgan fingerprint density at radius 2 is 0.815 bits per heavy atom. The van der Waals surface area contributed by atoms with Gasteiger partial charge in [0.05, 0.1) is 0 Å². The summed E-state index contributed by atoms with van der Waals surface area (Å²) in [7, 11) is 0. The smallest absolute Gasteiger partial charge is 0.167 e. The van der Waals surface area contributed by atoms with E-state index < -0.39 is 0 Å². The predicted molar refractivity (Wildman–Crippen MR) is 226 cm³/mol. The molecule has 0 atom stereocenters. The molecule has 294 valence electrons. The van der Waals surface area contributed by atoms with Crippen molar-refractivity contribution < 1.29 is 30.6 Å². The summed E-state index contributed by atoms with van der Waals surface area (Å²) in [6.07, 6.45) is 16.4. The van der Waals surface area contributed by atoms with Crippen molar-refractivity contribution in [3.05, 3.63) is 45.5 Å². The Morgan fingerprint density at radius 1 is 0.481 bits per heavy atom. The normalized spacial score (nSPS) is 12.3. The van der Waals surface area contributed by atoms with E-state index in [4.69, 9.17) is 0 Å². The molecule has 0 saturated carbocycles. The van der Waals surface area contributed by atoms with Gasteiger partial charge in [-0.3, -0.25) is 9.98 Å². The van der Waals surface area contributed by atoms with Crippen LogP contribution in [0.5, 0.6) is 34.5 Å². The molecule has 0 bridgehead atoms. The van der Waals surface area contributed by atoms with Gasteiger partial charge in [-0.1, -0.05) is 118 Å². The number of hydrogen-bond acceptors (Lipinski definition) is 8. The van der Waals surface area contributed by atoms with Crippen LogP contribution in [0.2, 0.25) is 0 Å². The number of fused-ring (bicyclic) bond motifs is 2. The number of phenolic OH excluding ortho intramolecular Hbond substituents is 6. The third-order valence-corrected chi connectivity index (χ3v) is 10.7. The molecule has 4 aromatic rings. The van der Waals surface area contributed by atoms with Crippen LogP contribution in [0.15, 0.2) is 22.1 Å². The largest absolute Gasteiger partial charge is 0.507 e. The van der Waals surface area contributed by atoms with E-state index in [1.165, 1.54) is 51.0 Å². The quantitative estimate of drug-likeness (QED) is 0.0320. The van der Waals surface area contributed by atoms with Gasteiger partial charge in [-0.05, 0) is 60.4 Å². The van der Waals surface area contributed by atoms with Gasteiger partial charge >= 0.3 is 0 Å². The van der Waals surface area contributed by atoms with E-state index in [0.717, 1.165) is 38.5 Å². The number of aryl methyl sites for hydroxylation is 2. The number of hydrogen-bond donors (Lipinski definition) is 6. The lowest BCUT2D eigenvalue weighted by atomic mass is 9.83. The monoisotopic (exact) mass is 740 g/mol. The highest BCUT2D eigenvalue weighted by molar-refractivity contribution is 6.15. The van der Waals surface area contributed by atoms with Gasteiger partial charge in [0, 0.05) is 69.7 Å².